The summed E-state index contributed by atoms with van der Waals surface area (Å²) in [4.78, 5) is 23.4. The van der Waals surface area contributed by atoms with E-state index in [0.717, 1.165) is 16.3 Å². The fourth-order valence-electron chi connectivity index (χ4n) is 2.90. The van der Waals surface area contributed by atoms with Crippen LogP contribution in [-0.4, -0.2) is 26.7 Å². The molecule has 0 spiro atoms. The third-order valence-electron chi connectivity index (χ3n) is 4.44. The Morgan fingerprint density at radius 3 is 2.48 bits per heavy atom. The molecule has 0 saturated carbocycles. The lowest BCUT2D eigenvalue weighted by molar-refractivity contribution is -0.144. The Bertz CT molecular complexity index is 1150. The lowest BCUT2D eigenvalue weighted by Gasteiger charge is -2.09. The van der Waals surface area contributed by atoms with Crippen molar-refractivity contribution in [3.63, 3.8) is 0 Å². The highest BCUT2D eigenvalue weighted by Crippen LogP contribution is 2.19. The Hall–Kier alpha value is -3.03. The predicted molar refractivity (Wildman–Crippen MR) is 110 cm³/mol. The van der Waals surface area contributed by atoms with E-state index in [-0.39, 0.29) is 30.3 Å². The number of hydrogen-bond donors (Lipinski definition) is 1. The van der Waals surface area contributed by atoms with Gasteiger partial charge in [0.25, 0.3) is 0 Å². The SMILES string of the molecule is CC(=O)c1cccc(S(=O)(=O)NCCC(=O)OCc2cccc3ccccc23)c1. The van der Waals surface area contributed by atoms with Crippen molar-refractivity contribution in [3.8, 4) is 0 Å². The topological polar surface area (TPSA) is 89.5 Å². The molecule has 3 aromatic carbocycles. The van der Waals surface area contributed by atoms with Gasteiger partial charge in [0.2, 0.25) is 10.0 Å². The molecule has 3 rings (SSSR count). The first-order chi connectivity index (χ1) is 13.9. The van der Waals surface area contributed by atoms with Gasteiger partial charge >= 0.3 is 5.97 Å². The quantitative estimate of drug-likeness (QED) is 0.453. The van der Waals surface area contributed by atoms with Gasteiger partial charge in [0.1, 0.15) is 6.61 Å². The molecular formula is C22H21NO5S. The Morgan fingerprint density at radius 1 is 0.966 bits per heavy atom. The second-order valence-electron chi connectivity index (χ2n) is 6.53. The van der Waals surface area contributed by atoms with Crippen molar-refractivity contribution in [3.05, 3.63) is 77.9 Å². The van der Waals surface area contributed by atoms with Crippen LogP contribution in [0.4, 0.5) is 0 Å². The molecule has 0 aliphatic heterocycles. The Kier molecular flexibility index (Phi) is 6.41. The molecule has 0 amide bonds. The average molecular weight is 411 g/mol. The van der Waals surface area contributed by atoms with Gasteiger partial charge < -0.3 is 4.74 Å². The van der Waals surface area contributed by atoms with Crippen LogP contribution in [0.3, 0.4) is 0 Å². The van der Waals surface area contributed by atoms with Gasteiger partial charge in [-0.25, -0.2) is 13.1 Å². The van der Waals surface area contributed by atoms with Gasteiger partial charge in [0.05, 0.1) is 11.3 Å². The Labute approximate surface area is 169 Å². The highest BCUT2D eigenvalue weighted by Gasteiger charge is 2.16. The zero-order chi connectivity index (χ0) is 20.9. The highest BCUT2D eigenvalue weighted by molar-refractivity contribution is 7.89. The number of ether oxygens (including phenoxy) is 1. The minimum absolute atomic E-state index is 0.0191. The zero-order valence-corrected chi connectivity index (χ0v) is 16.7. The first-order valence-electron chi connectivity index (χ1n) is 9.10. The van der Waals surface area contributed by atoms with Crippen LogP contribution in [0.1, 0.15) is 29.3 Å². The third-order valence-corrected chi connectivity index (χ3v) is 5.90. The van der Waals surface area contributed by atoms with Crippen molar-refractivity contribution in [1.29, 1.82) is 0 Å². The second-order valence-corrected chi connectivity index (χ2v) is 8.30. The van der Waals surface area contributed by atoms with Crippen LogP contribution in [0.15, 0.2) is 71.6 Å². The van der Waals surface area contributed by atoms with E-state index in [1.165, 1.54) is 25.1 Å². The Morgan fingerprint density at radius 2 is 1.69 bits per heavy atom. The smallest absolute Gasteiger partial charge is 0.307 e. The summed E-state index contributed by atoms with van der Waals surface area (Å²) in [6, 6.07) is 19.3. The molecule has 0 heterocycles. The maximum absolute atomic E-state index is 12.3. The standard InChI is InChI=1S/C22H21NO5S/c1-16(24)18-8-5-10-20(14-18)29(26,27)23-13-12-22(25)28-15-19-9-4-7-17-6-2-3-11-21(17)19/h2-11,14,23H,12-13,15H2,1H3. The number of fused-ring (bicyclic) bond motifs is 1. The van der Waals surface area contributed by atoms with E-state index < -0.39 is 16.0 Å². The van der Waals surface area contributed by atoms with E-state index in [0.29, 0.717) is 5.56 Å². The largest absolute Gasteiger partial charge is 0.461 e. The van der Waals surface area contributed by atoms with Crippen LogP contribution >= 0.6 is 0 Å². The van der Waals surface area contributed by atoms with Gasteiger partial charge in [-0.1, -0.05) is 54.6 Å². The monoisotopic (exact) mass is 411 g/mol. The molecule has 0 bridgehead atoms. The minimum atomic E-state index is -3.82. The number of Topliss-reactive ketones (excluding diaryl/α,β-unsaturated/α-hetero) is 1. The lowest BCUT2D eigenvalue weighted by Crippen LogP contribution is -2.27. The number of nitrogens with one attached hydrogen (secondary N) is 1. The molecule has 3 aromatic rings. The maximum Gasteiger partial charge on any atom is 0.307 e. The summed E-state index contributed by atoms with van der Waals surface area (Å²) in [7, 11) is -3.82. The zero-order valence-electron chi connectivity index (χ0n) is 15.9. The number of carbonyl (C=O) groups is 2. The average Bonchev–Trinajstić information content (AvgIpc) is 2.72. The van der Waals surface area contributed by atoms with E-state index in [9.17, 15) is 18.0 Å². The molecule has 0 aliphatic rings. The second kappa shape index (κ2) is 8.98. The Balaban J connectivity index is 1.54. The molecule has 0 radical (unpaired) electrons. The first-order valence-corrected chi connectivity index (χ1v) is 10.6. The number of esters is 1. The van der Waals surface area contributed by atoms with E-state index in [1.54, 1.807) is 6.07 Å². The van der Waals surface area contributed by atoms with Crippen LogP contribution in [0.25, 0.3) is 10.8 Å². The molecule has 150 valence electrons. The fraction of sp³-hybridized carbons (Fsp3) is 0.182. The molecule has 0 unspecified atom stereocenters. The van der Waals surface area contributed by atoms with Gasteiger partial charge in [-0.2, -0.15) is 0 Å². The van der Waals surface area contributed by atoms with Crippen LogP contribution in [0, 0.1) is 0 Å². The number of sulfonamides is 1. The molecule has 0 saturated heterocycles. The van der Waals surface area contributed by atoms with Crippen LogP contribution in [-0.2, 0) is 26.2 Å². The molecule has 7 heteroatoms. The van der Waals surface area contributed by atoms with Gasteiger partial charge in [0.15, 0.2) is 5.78 Å². The molecular weight excluding hydrogens is 390 g/mol. The summed E-state index contributed by atoms with van der Waals surface area (Å²) >= 11 is 0. The summed E-state index contributed by atoms with van der Waals surface area (Å²) in [5, 5.41) is 2.07. The number of rotatable bonds is 8. The lowest BCUT2D eigenvalue weighted by atomic mass is 10.1. The van der Waals surface area contributed by atoms with Crippen molar-refractivity contribution < 1.29 is 22.7 Å². The van der Waals surface area contributed by atoms with E-state index in [2.05, 4.69) is 4.72 Å². The summed E-state index contributed by atoms with van der Waals surface area (Å²) in [6.45, 7) is 1.39. The third kappa shape index (κ3) is 5.28. The summed E-state index contributed by atoms with van der Waals surface area (Å²) in [5.41, 5.74) is 1.19. The first kappa shape index (κ1) is 20.7. The van der Waals surface area contributed by atoms with Crippen molar-refractivity contribution in [1.82, 2.24) is 4.72 Å². The van der Waals surface area contributed by atoms with E-state index in [1.807, 2.05) is 42.5 Å². The number of hydrogen-bond acceptors (Lipinski definition) is 5. The number of carbonyl (C=O) groups excluding carboxylic acids is 2. The molecule has 0 atom stereocenters. The normalized spacial score (nSPS) is 11.3. The molecule has 6 nitrogen and oxygen atoms in total. The predicted octanol–water partition coefficient (Wildman–Crippen LogP) is 3.45. The van der Waals surface area contributed by atoms with Crippen LogP contribution < -0.4 is 4.72 Å². The highest BCUT2D eigenvalue weighted by atomic mass is 32.2. The fourth-order valence-corrected chi connectivity index (χ4v) is 3.98. The number of ketones is 1. The molecule has 0 aliphatic carbocycles. The number of benzene rings is 3. The molecule has 1 N–H and O–H groups in total. The maximum atomic E-state index is 12.3. The van der Waals surface area contributed by atoms with Crippen molar-refractivity contribution in [2.75, 3.05) is 6.54 Å². The van der Waals surface area contributed by atoms with E-state index in [4.69, 9.17) is 4.74 Å². The molecule has 0 aromatic heterocycles. The van der Waals surface area contributed by atoms with Crippen LogP contribution in [0.5, 0.6) is 0 Å². The molecule has 29 heavy (non-hydrogen) atoms. The minimum Gasteiger partial charge on any atom is -0.461 e. The van der Waals surface area contributed by atoms with Gasteiger partial charge in [0, 0.05) is 12.1 Å². The van der Waals surface area contributed by atoms with Gasteiger partial charge in [-0.15, -0.1) is 0 Å². The van der Waals surface area contributed by atoms with Crippen molar-refractivity contribution in [2.24, 2.45) is 0 Å². The van der Waals surface area contributed by atoms with E-state index >= 15 is 0 Å². The summed E-state index contributed by atoms with van der Waals surface area (Å²) < 4.78 is 32.3. The summed E-state index contributed by atoms with van der Waals surface area (Å²) in [6.07, 6.45) is -0.101. The molecule has 0 fully saturated rings. The van der Waals surface area contributed by atoms with Gasteiger partial charge in [-0.3, -0.25) is 9.59 Å². The van der Waals surface area contributed by atoms with Crippen molar-refractivity contribution in [2.45, 2.75) is 24.8 Å². The van der Waals surface area contributed by atoms with Crippen LogP contribution in [0.2, 0.25) is 0 Å². The summed E-state index contributed by atoms with van der Waals surface area (Å²) in [5.74, 6) is -0.725. The van der Waals surface area contributed by atoms with Crippen molar-refractivity contribution >= 4 is 32.5 Å². The van der Waals surface area contributed by atoms with Gasteiger partial charge in [-0.05, 0) is 35.4 Å².